The standard InChI is InChI=1S/C21H24N4O/c1-14(2)11-12-18(15-7-4-3-5-8-15)25-21-17-10-6-9-16(20(22)26)19(17)23-13-24-21/h3-10,13-14,18H,11-12H2,1-2H3,(H2,22,26)(H,23,24,25)/t18-/m1/s1. The largest absolute Gasteiger partial charge is 0.366 e. The fourth-order valence-electron chi connectivity index (χ4n) is 3.07. The number of nitrogens with zero attached hydrogens (tertiary/aromatic N) is 2. The molecule has 0 saturated heterocycles. The topological polar surface area (TPSA) is 80.9 Å². The van der Waals surface area contributed by atoms with Gasteiger partial charge in [-0.1, -0.05) is 50.2 Å². The van der Waals surface area contributed by atoms with E-state index in [1.807, 2.05) is 30.3 Å². The molecule has 1 aromatic heterocycles. The van der Waals surface area contributed by atoms with Crippen molar-refractivity contribution in [3.63, 3.8) is 0 Å². The van der Waals surface area contributed by atoms with Crippen LogP contribution in [-0.2, 0) is 0 Å². The third-order valence-electron chi connectivity index (χ3n) is 4.48. The van der Waals surface area contributed by atoms with Gasteiger partial charge in [-0.2, -0.15) is 0 Å². The first-order valence-corrected chi connectivity index (χ1v) is 8.91. The first-order chi connectivity index (χ1) is 12.6. The van der Waals surface area contributed by atoms with Crippen LogP contribution in [0.5, 0.6) is 0 Å². The first kappa shape index (κ1) is 17.9. The number of amides is 1. The molecule has 0 aliphatic rings. The first-order valence-electron chi connectivity index (χ1n) is 8.91. The van der Waals surface area contributed by atoms with E-state index in [1.54, 1.807) is 6.07 Å². The lowest BCUT2D eigenvalue weighted by molar-refractivity contribution is 0.100. The summed E-state index contributed by atoms with van der Waals surface area (Å²) in [6, 6.07) is 15.9. The molecule has 0 aliphatic carbocycles. The number of carbonyl (C=O) groups excluding carboxylic acids is 1. The summed E-state index contributed by atoms with van der Waals surface area (Å²) >= 11 is 0. The van der Waals surface area contributed by atoms with Crippen LogP contribution in [0.3, 0.4) is 0 Å². The number of rotatable bonds is 7. The maximum Gasteiger partial charge on any atom is 0.250 e. The maximum atomic E-state index is 11.7. The Morgan fingerprint density at radius 3 is 2.50 bits per heavy atom. The number of benzene rings is 2. The number of fused-ring (bicyclic) bond motifs is 1. The second-order valence-corrected chi connectivity index (χ2v) is 6.87. The highest BCUT2D eigenvalue weighted by molar-refractivity contribution is 6.06. The number of carbonyl (C=O) groups is 1. The molecule has 0 bridgehead atoms. The van der Waals surface area contributed by atoms with Crippen LogP contribution in [0.4, 0.5) is 5.82 Å². The number of para-hydroxylation sites is 1. The Morgan fingerprint density at radius 2 is 1.81 bits per heavy atom. The molecule has 3 aromatic rings. The van der Waals surface area contributed by atoms with Gasteiger partial charge in [0.2, 0.25) is 0 Å². The van der Waals surface area contributed by atoms with Gasteiger partial charge in [0, 0.05) is 5.39 Å². The van der Waals surface area contributed by atoms with E-state index in [0.29, 0.717) is 17.0 Å². The van der Waals surface area contributed by atoms with Crippen molar-refractivity contribution in [3.8, 4) is 0 Å². The van der Waals surface area contributed by atoms with Crippen molar-refractivity contribution in [2.24, 2.45) is 11.7 Å². The van der Waals surface area contributed by atoms with Gasteiger partial charge in [-0.3, -0.25) is 4.79 Å². The van der Waals surface area contributed by atoms with E-state index in [1.165, 1.54) is 11.9 Å². The predicted octanol–water partition coefficient (Wildman–Crippen LogP) is 4.32. The number of anilines is 1. The molecule has 5 nitrogen and oxygen atoms in total. The van der Waals surface area contributed by atoms with Gasteiger partial charge in [-0.15, -0.1) is 0 Å². The summed E-state index contributed by atoms with van der Waals surface area (Å²) in [5.41, 5.74) is 7.68. The van der Waals surface area contributed by atoms with E-state index in [4.69, 9.17) is 5.73 Å². The molecular formula is C21H24N4O. The van der Waals surface area contributed by atoms with Gasteiger partial charge in [-0.05, 0) is 36.5 Å². The van der Waals surface area contributed by atoms with Crippen LogP contribution in [0.15, 0.2) is 54.9 Å². The molecule has 1 heterocycles. The lowest BCUT2D eigenvalue weighted by Crippen LogP contribution is -2.15. The Bertz CT molecular complexity index is 893. The second-order valence-electron chi connectivity index (χ2n) is 6.87. The van der Waals surface area contributed by atoms with Crippen molar-refractivity contribution < 1.29 is 4.79 Å². The Hall–Kier alpha value is -2.95. The van der Waals surface area contributed by atoms with Gasteiger partial charge in [0.15, 0.2) is 0 Å². The van der Waals surface area contributed by atoms with Crippen LogP contribution < -0.4 is 11.1 Å². The van der Waals surface area contributed by atoms with Crippen molar-refractivity contribution in [2.45, 2.75) is 32.7 Å². The number of primary amides is 1. The lowest BCUT2D eigenvalue weighted by atomic mass is 9.97. The fourth-order valence-corrected chi connectivity index (χ4v) is 3.07. The molecule has 3 N–H and O–H groups in total. The van der Waals surface area contributed by atoms with Gasteiger partial charge >= 0.3 is 0 Å². The van der Waals surface area contributed by atoms with E-state index < -0.39 is 5.91 Å². The van der Waals surface area contributed by atoms with Crippen LogP contribution in [0.25, 0.3) is 10.9 Å². The second kappa shape index (κ2) is 7.95. The van der Waals surface area contributed by atoms with Crippen molar-refractivity contribution in [1.82, 2.24) is 9.97 Å². The number of aromatic nitrogens is 2. The zero-order valence-electron chi connectivity index (χ0n) is 15.1. The Labute approximate surface area is 153 Å². The molecule has 0 saturated carbocycles. The normalized spacial score (nSPS) is 12.3. The minimum Gasteiger partial charge on any atom is -0.366 e. The molecule has 1 atom stereocenters. The number of hydrogen-bond acceptors (Lipinski definition) is 4. The van der Waals surface area contributed by atoms with Gasteiger partial charge in [0.1, 0.15) is 12.1 Å². The van der Waals surface area contributed by atoms with E-state index in [-0.39, 0.29) is 6.04 Å². The number of hydrogen-bond donors (Lipinski definition) is 2. The average molecular weight is 348 g/mol. The van der Waals surface area contributed by atoms with E-state index >= 15 is 0 Å². The predicted molar refractivity (Wildman–Crippen MR) is 105 cm³/mol. The quantitative estimate of drug-likeness (QED) is 0.666. The zero-order chi connectivity index (χ0) is 18.5. The van der Waals surface area contributed by atoms with Crippen molar-refractivity contribution >= 4 is 22.6 Å². The van der Waals surface area contributed by atoms with Crippen molar-refractivity contribution in [1.29, 1.82) is 0 Å². The monoisotopic (exact) mass is 348 g/mol. The summed E-state index contributed by atoms with van der Waals surface area (Å²) < 4.78 is 0. The van der Waals surface area contributed by atoms with E-state index in [9.17, 15) is 4.79 Å². The molecule has 0 fully saturated rings. The minimum atomic E-state index is -0.486. The summed E-state index contributed by atoms with van der Waals surface area (Å²) in [7, 11) is 0. The van der Waals surface area contributed by atoms with E-state index in [0.717, 1.165) is 24.0 Å². The van der Waals surface area contributed by atoms with Crippen LogP contribution in [-0.4, -0.2) is 15.9 Å². The van der Waals surface area contributed by atoms with Gasteiger partial charge < -0.3 is 11.1 Å². The van der Waals surface area contributed by atoms with Crippen LogP contribution in [0, 0.1) is 5.92 Å². The van der Waals surface area contributed by atoms with Crippen molar-refractivity contribution in [2.75, 3.05) is 5.32 Å². The fraction of sp³-hybridized carbons (Fsp3) is 0.286. The van der Waals surface area contributed by atoms with Gasteiger partial charge in [0.05, 0.1) is 17.1 Å². The molecular weight excluding hydrogens is 324 g/mol. The molecule has 1 amide bonds. The third-order valence-corrected chi connectivity index (χ3v) is 4.48. The molecule has 5 heteroatoms. The smallest absolute Gasteiger partial charge is 0.250 e. The molecule has 0 radical (unpaired) electrons. The SMILES string of the molecule is CC(C)CC[C@@H](Nc1ncnc2c(C(N)=O)cccc12)c1ccccc1. The average Bonchev–Trinajstić information content (AvgIpc) is 2.65. The Kier molecular flexibility index (Phi) is 5.46. The van der Waals surface area contributed by atoms with Crippen molar-refractivity contribution in [3.05, 3.63) is 66.0 Å². The Morgan fingerprint density at radius 1 is 1.04 bits per heavy atom. The summed E-state index contributed by atoms with van der Waals surface area (Å²) in [4.78, 5) is 20.4. The number of nitrogens with one attached hydrogen (secondary N) is 1. The summed E-state index contributed by atoms with van der Waals surface area (Å²) in [6.07, 6.45) is 3.56. The highest BCUT2D eigenvalue weighted by Crippen LogP contribution is 2.29. The molecule has 2 aromatic carbocycles. The molecule has 134 valence electrons. The molecule has 26 heavy (non-hydrogen) atoms. The molecule has 0 aliphatic heterocycles. The van der Waals surface area contributed by atoms with Gasteiger partial charge in [-0.25, -0.2) is 9.97 Å². The van der Waals surface area contributed by atoms with Gasteiger partial charge in [0.25, 0.3) is 5.91 Å². The Balaban J connectivity index is 1.98. The lowest BCUT2D eigenvalue weighted by Gasteiger charge is -2.21. The summed E-state index contributed by atoms with van der Waals surface area (Å²) in [5.74, 6) is 0.849. The summed E-state index contributed by atoms with van der Waals surface area (Å²) in [5, 5.41) is 4.36. The zero-order valence-corrected chi connectivity index (χ0v) is 15.1. The van der Waals surface area contributed by atoms with E-state index in [2.05, 4.69) is 41.3 Å². The molecule has 0 spiro atoms. The maximum absolute atomic E-state index is 11.7. The van der Waals surface area contributed by atoms with Crippen LogP contribution in [0.2, 0.25) is 0 Å². The highest BCUT2D eigenvalue weighted by atomic mass is 16.1. The number of nitrogens with two attached hydrogens (primary N) is 1. The minimum absolute atomic E-state index is 0.133. The summed E-state index contributed by atoms with van der Waals surface area (Å²) in [6.45, 7) is 4.45. The third kappa shape index (κ3) is 3.99. The van der Waals surface area contributed by atoms with Crippen LogP contribution >= 0.6 is 0 Å². The molecule has 0 unspecified atom stereocenters. The molecule has 3 rings (SSSR count). The highest BCUT2D eigenvalue weighted by Gasteiger charge is 2.16. The van der Waals surface area contributed by atoms with Crippen LogP contribution in [0.1, 0.15) is 48.7 Å².